The van der Waals surface area contributed by atoms with Crippen molar-refractivity contribution in [2.24, 2.45) is 0 Å². The number of halogens is 1. The summed E-state index contributed by atoms with van der Waals surface area (Å²) in [7, 11) is 0. The standard InChI is InChI=1S/C19H13BrN2O4S2/c20-12-3-1-2-11(6-12)7-16-18(24)22(19(27)28-16)9-17(23)21-13-4-5-14-15(8-13)26-10-25-14/h1-8H,9-10H2,(H,21,23)/b16-7+. The van der Waals surface area contributed by atoms with E-state index in [1.807, 2.05) is 24.3 Å². The van der Waals surface area contributed by atoms with E-state index in [-0.39, 0.29) is 25.2 Å². The van der Waals surface area contributed by atoms with Crippen LogP contribution in [0.1, 0.15) is 5.56 Å². The molecule has 4 rings (SSSR count). The largest absolute Gasteiger partial charge is 0.454 e. The average Bonchev–Trinajstić information content (AvgIpc) is 3.21. The minimum Gasteiger partial charge on any atom is -0.454 e. The number of nitrogens with one attached hydrogen (secondary N) is 1. The monoisotopic (exact) mass is 476 g/mol. The molecule has 2 aliphatic heterocycles. The van der Waals surface area contributed by atoms with Gasteiger partial charge >= 0.3 is 0 Å². The van der Waals surface area contributed by atoms with E-state index in [0.29, 0.717) is 26.4 Å². The summed E-state index contributed by atoms with van der Waals surface area (Å²) in [6.07, 6.45) is 1.76. The highest BCUT2D eigenvalue weighted by molar-refractivity contribution is 9.10. The van der Waals surface area contributed by atoms with Gasteiger partial charge in [0, 0.05) is 16.2 Å². The van der Waals surface area contributed by atoms with Gasteiger partial charge in [-0.15, -0.1) is 0 Å². The molecule has 6 nitrogen and oxygen atoms in total. The van der Waals surface area contributed by atoms with Crippen LogP contribution in [-0.4, -0.2) is 34.4 Å². The highest BCUT2D eigenvalue weighted by atomic mass is 79.9. The Labute approximate surface area is 179 Å². The normalized spacial score (nSPS) is 16.8. The second kappa shape index (κ2) is 7.94. The molecule has 9 heteroatoms. The number of carbonyl (C=O) groups is 2. The zero-order valence-electron chi connectivity index (χ0n) is 14.3. The SMILES string of the molecule is O=C(CN1C(=O)/C(=C\c2cccc(Br)c2)SC1=S)Nc1ccc2c(c1)OCO2. The molecule has 2 aromatic carbocycles. The van der Waals surface area contributed by atoms with Crippen molar-refractivity contribution in [3.05, 3.63) is 57.4 Å². The van der Waals surface area contributed by atoms with Gasteiger partial charge in [-0.2, -0.15) is 0 Å². The third-order valence-corrected chi connectivity index (χ3v) is 5.85. The van der Waals surface area contributed by atoms with Crippen LogP contribution in [0, 0.1) is 0 Å². The van der Waals surface area contributed by atoms with Crippen LogP contribution in [0.15, 0.2) is 51.8 Å². The molecule has 1 fully saturated rings. The Hall–Kier alpha value is -2.36. The third kappa shape index (κ3) is 4.06. The highest BCUT2D eigenvalue weighted by Gasteiger charge is 2.33. The van der Waals surface area contributed by atoms with Gasteiger partial charge in [-0.05, 0) is 35.9 Å². The van der Waals surface area contributed by atoms with Gasteiger partial charge in [0.2, 0.25) is 12.7 Å². The molecule has 0 saturated carbocycles. The average molecular weight is 477 g/mol. The van der Waals surface area contributed by atoms with Gasteiger partial charge < -0.3 is 14.8 Å². The maximum absolute atomic E-state index is 12.7. The first-order valence-corrected chi connectivity index (χ1v) is 10.2. The number of hydrogen-bond donors (Lipinski definition) is 1. The Balaban J connectivity index is 1.43. The first kappa shape index (κ1) is 19.0. The van der Waals surface area contributed by atoms with Gasteiger partial charge in [-0.25, -0.2) is 0 Å². The lowest BCUT2D eigenvalue weighted by Gasteiger charge is -2.14. The highest BCUT2D eigenvalue weighted by Crippen LogP contribution is 2.35. The van der Waals surface area contributed by atoms with Crippen LogP contribution in [-0.2, 0) is 9.59 Å². The molecule has 0 aliphatic carbocycles. The van der Waals surface area contributed by atoms with Crippen LogP contribution in [0.3, 0.4) is 0 Å². The lowest BCUT2D eigenvalue weighted by Crippen LogP contribution is -2.36. The Morgan fingerprint density at radius 3 is 2.89 bits per heavy atom. The fraction of sp³-hybridized carbons (Fsp3) is 0.105. The number of thioether (sulfide) groups is 1. The van der Waals surface area contributed by atoms with Crippen molar-refractivity contribution in [2.45, 2.75) is 0 Å². The van der Waals surface area contributed by atoms with Gasteiger partial charge in [0.25, 0.3) is 5.91 Å². The fourth-order valence-corrected chi connectivity index (χ4v) is 4.37. The summed E-state index contributed by atoms with van der Waals surface area (Å²) in [5.41, 5.74) is 1.43. The van der Waals surface area contributed by atoms with Crippen LogP contribution < -0.4 is 14.8 Å². The zero-order chi connectivity index (χ0) is 19.7. The van der Waals surface area contributed by atoms with E-state index >= 15 is 0 Å². The van der Waals surface area contributed by atoms with Crippen LogP contribution >= 0.6 is 39.9 Å². The molecule has 0 aromatic heterocycles. The van der Waals surface area contributed by atoms with Crippen LogP contribution in [0.5, 0.6) is 11.5 Å². The van der Waals surface area contributed by atoms with Gasteiger partial charge in [0.1, 0.15) is 10.9 Å². The maximum Gasteiger partial charge on any atom is 0.266 e. The summed E-state index contributed by atoms with van der Waals surface area (Å²) in [5, 5.41) is 2.75. The van der Waals surface area contributed by atoms with Gasteiger partial charge in [-0.3, -0.25) is 14.5 Å². The number of fused-ring (bicyclic) bond motifs is 1. The molecule has 1 N–H and O–H groups in total. The molecule has 2 heterocycles. The van der Waals surface area contributed by atoms with Crippen molar-refractivity contribution >= 4 is 67.8 Å². The smallest absolute Gasteiger partial charge is 0.266 e. The predicted octanol–water partition coefficient (Wildman–Crippen LogP) is 4.02. The molecule has 28 heavy (non-hydrogen) atoms. The molecule has 2 aromatic rings. The molecule has 142 valence electrons. The number of hydrogen-bond acceptors (Lipinski definition) is 6. The number of amides is 2. The van der Waals surface area contributed by atoms with E-state index < -0.39 is 0 Å². The summed E-state index contributed by atoms with van der Waals surface area (Å²) in [6, 6.07) is 12.7. The van der Waals surface area contributed by atoms with Crippen molar-refractivity contribution in [3.63, 3.8) is 0 Å². The maximum atomic E-state index is 12.7. The number of thiocarbonyl (C=S) groups is 1. The van der Waals surface area contributed by atoms with E-state index in [4.69, 9.17) is 21.7 Å². The number of ether oxygens (including phenoxy) is 2. The zero-order valence-corrected chi connectivity index (χ0v) is 17.5. The predicted molar refractivity (Wildman–Crippen MR) is 115 cm³/mol. The van der Waals surface area contributed by atoms with Gasteiger partial charge in [-0.1, -0.05) is 52.0 Å². The second-order valence-corrected chi connectivity index (χ2v) is 8.53. The Morgan fingerprint density at radius 2 is 2.07 bits per heavy atom. The minimum atomic E-state index is -0.348. The molecule has 0 atom stereocenters. The second-order valence-electron chi connectivity index (χ2n) is 5.94. The molecule has 0 spiro atoms. The molecular formula is C19H13BrN2O4S2. The van der Waals surface area contributed by atoms with Crippen molar-refractivity contribution in [1.29, 1.82) is 0 Å². The summed E-state index contributed by atoms with van der Waals surface area (Å²) in [5.74, 6) is 0.572. The first-order valence-electron chi connectivity index (χ1n) is 8.20. The van der Waals surface area contributed by atoms with E-state index in [2.05, 4.69) is 21.2 Å². The summed E-state index contributed by atoms with van der Waals surface area (Å²) >= 11 is 9.88. The number of rotatable bonds is 4. The van der Waals surface area contributed by atoms with E-state index in [1.165, 1.54) is 16.7 Å². The Morgan fingerprint density at radius 1 is 1.25 bits per heavy atom. The lowest BCUT2D eigenvalue weighted by molar-refractivity contribution is -0.126. The van der Waals surface area contributed by atoms with Crippen molar-refractivity contribution in [2.75, 3.05) is 18.7 Å². The lowest BCUT2D eigenvalue weighted by atomic mass is 10.2. The topological polar surface area (TPSA) is 67.9 Å². The van der Waals surface area contributed by atoms with Crippen LogP contribution in [0.4, 0.5) is 5.69 Å². The van der Waals surface area contributed by atoms with Crippen molar-refractivity contribution < 1.29 is 19.1 Å². The number of nitrogens with zero attached hydrogens (tertiary/aromatic N) is 1. The number of carbonyl (C=O) groups excluding carboxylic acids is 2. The number of benzene rings is 2. The summed E-state index contributed by atoms with van der Waals surface area (Å²) in [4.78, 5) is 26.8. The van der Waals surface area contributed by atoms with Crippen LogP contribution in [0.25, 0.3) is 6.08 Å². The molecule has 0 bridgehead atoms. The van der Waals surface area contributed by atoms with E-state index in [9.17, 15) is 9.59 Å². The van der Waals surface area contributed by atoms with E-state index in [1.54, 1.807) is 24.3 Å². The molecule has 0 unspecified atom stereocenters. The molecule has 1 saturated heterocycles. The van der Waals surface area contributed by atoms with Crippen molar-refractivity contribution in [1.82, 2.24) is 4.90 Å². The quantitative estimate of drug-likeness (QED) is 0.530. The van der Waals surface area contributed by atoms with E-state index in [0.717, 1.165) is 10.0 Å². The first-order chi connectivity index (χ1) is 13.5. The molecule has 2 amide bonds. The summed E-state index contributed by atoms with van der Waals surface area (Å²) in [6.45, 7) is 0.00252. The summed E-state index contributed by atoms with van der Waals surface area (Å²) < 4.78 is 11.8. The minimum absolute atomic E-state index is 0.158. The fourth-order valence-electron chi connectivity index (χ4n) is 2.70. The van der Waals surface area contributed by atoms with Gasteiger partial charge in [0.15, 0.2) is 11.5 Å². The van der Waals surface area contributed by atoms with Crippen LogP contribution in [0.2, 0.25) is 0 Å². The molecule has 2 aliphatic rings. The number of anilines is 1. The molecular weight excluding hydrogens is 464 g/mol. The molecule has 0 radical (unpaired) electrons. The Kier molecular flexibility index (Phi) is 5.38. The Bertz CT molecular complexity index is 1020. The van der Waals surface area contributed by atoms with Gasteiger partial charge in [0.05, 0.1) is 4.91 Å². The third-order valence-electron chi connectivity index (χ3n) is 3.98. The van der Waals surface area contributed by atoms with Crippen molar-refractivity contribution in [3.8, 4) is 11.5 Å².